The number of halogens is 1. The molecule has 0 aromatic carbocycles. The zero-order chi connectivity index (χ0) is 24.0. The van der Waals surface area contributed by atoms with Crippen LogP contribution in [0.15, 0.2) is 12.4 Å². The molecule has 2 aliphatic rings. The van der Waals surface area contributed by atoms with E-state index in [9.17, 15) is 24.2 Å². The third-order valence-electron chi connectivity index (χ3n) is 5.63. The molecule has 2 aromatic heterocycles. The van der Waals surface area contributed by atoms with Crippen molar-refractivity contribution in [3.8, 4) is 0 Å². The van der Waals surface area contributed by atoms with Crippen LogP contribution in [0.5, 0.6) is 0 Å². The first-order chi connectivity index (χ1) is 15.4. The summed E-state index contributed by atoms with van der Waals surface area (Å²) < 4.78 is 34.6. The maximum absolute atomic E-state index is 11.9. The third kappa shape index (κ3) is 5.76. The van der Waals surface area contributed by atoms with Gasteiger partial charge in [-0.25, -0.2) is 9.97 Å². The maximum atomic E-state index is 11.9. The van der Waals surface area contributed by atoms with Gasteiger partial charge in [0.2, 0.25) is 0 Å². The van der Waals surface area contributed by atoms with Gasteiger partial charge >= 0.3 is 15.2 Å². The fourth-order valence-electron chi connectivity index (χ4n) is 4.12. The second kappa shape index (κ2) is 9.50. The topological polar surface area (TPSA) is 196 Å². The van der Waals surface area contributed by atoms with E-state index in [2.05, 4.69) is 15.3 Å². The molecule has 0 spiro atoms. The number of anilines is 1. The van der Waals surface area contributed by atoms with Gasteiger partial charge in [0.1, 0.15) is 29.0 Å². The van der Waals surface area contributed by atoms with E-state index in [0.29, 0.717) is 16.9 Å². The van der Waals surface area contributed by atoms with E-state index in [1.807, 2.05) is 0 Å². The Kier molecular flexibility index (Phi) is 7.20. The van der Waals surface area contributed by atoms with E-state index in [1.165, 1.54) is 10.9 Å². The Morgan fingerprint density at radius 2 is 1.91 bits per heavy atom. The van der Waals surface area contributed by atoms with Crippen molar-refractivity contribution in [3.05, 3.63) is 17.5 Å². The first-order valence-electron chi connectivity index (χ1n) is 10.3. The molecule has 2 aromatic rings. The smallest absolute Gasteiger partial charge is 0.340 e. The SMILES string of the molecule is O=P(O)(O)CP(=O)(O)OC[C@H]1O[C@@H](n2cnc3c(NC4CCCC4)cc(Cl)nc32)[C@H](O)[C@@H]1O. The van der Waals surface area contributed by atoms with E-state index in [4.69, 9.17) is 30.6 Å². The van der Waals surface area contributed by atoms with Crippen LogP contribution in [0.1, 0.15) is 31.9 Å². The molecule has 0 radical (unpaired) electrons. The standard InChI is InChI=1S/C17H25ClN4O9P2/c18-12-5-10(20-9-3-1-2-4-9)13-16(21-12)22(7-19-13)17-15(24)14(23)11(31-17)6-30-33(28,29)8-32(25,26)27/h5,7,9,11,14-15,17,23-24H,1-4,6,8H2,(H,20,21)(H,28,29)(H2,25,26,27)/t11-,14-,15-,17-/m1/s1. The Morgan fingerprint density at radius 3 is 2.58 bits per heavy atom. The van der Waals surface area contributed by atoms with Gasteiger partial charge in [-0.05, 0) is 12.8 Å². The van der Waals surface area contributed by atoms with Crippen molar-refractivity contribution in [1.29, 1.82) is 0 Å². The highest BCUT2D eigenvalue weighted by Crippen LogP contribution is 2.55. The van der Waals surface area contributed by atoms with Gasteiger partial charge in [0.25, 0.3) is 0 Å². The number of aromatic nitrogens is 3. The van der Waals surface area contributed by atoms with Gasteiger partial charge in [-0.2, -0.15) is 0 Å². The highest BCUT2D eigenvalue weighted by Gasteiger charge is 2.45. The minimum absolute atomic E-state index is 0.191. The lowest BCUT2D eigenvalue weighted by molar-refractivity contribution is -0.0483. The van der Waals surface area contributed by atoms with Crippen molar-refractivity contribution in [2.24, 2.45) is 0 Å². The van der Waals surface area contributed by atoms with Crippen LogP contribution in [-0.2, 0) is 18.4 Å². The van der Waals surface area contributed by atoms with Gasteiger partial charge in [0.05, 0.1) is 18.6 Å². The molecule has 0 bridgehead atoms. The Hall–Kier alpha value is -1.11. The number of hydrogen-bond acceptors (Lipinski definition) is 9. The van der Waals surface area contributed by atoms with Crippen molar-refractivity contribution >= 4 is 43.6 Å². The lowest BCUT2D eigenvalue weighted by atomic mass is 10.1. The van der Waals surface area contributed by atoms with Crippen LogP contribution in [0.2, 0.25) is 5.15 Å². The van der Waals surface area contributed by atoms with Crippen molar-refractivity contribution in [3.63, 3.8) is 0 Å². The number of aliphatic hydroxyl groups excluding tert-OH is 2. The fraction of sp³-hybridized carbons (Fsp3) is 0.647. The second-order valence-corrected chi connectivity index (χ2v) is 12.6. The number of nitrogens with one attached hydrogen (secondary N) is 1. The van der Waals surface area contributed by atoms with Crippen molar-refractivity contribution < 1.29 is 43.3 Å². The number of nitrogens with zero attached hydrogens (tertiary/aromatic N) is 3. The van der Waals surface area contributed by atoms with Gasteiger partial charge < -0.3 is 39.5 Å². The van der Waals surface area contributed by atoms with E-state index in [0.717, 1.165) is 25.7 Å². The molecule has 33 heavy (non-hydrogen) atoms. The average Bonchev–Trinajstić information content (AvgIpc) is 3.40. The Balaban J connectivity index is 1.53. The summed E-state index contributed by atoms with van der Waals surface area (Å²) in [6.45, 7) is -0.683. The molecule has 5 atom stereocenters. The molecular weight excluding hydrogens is 502 g/mol. The van der Waals surface area contributed by atoms with Gasteiger partial charge in [0.15, 0.2) is 17.8 Å². The van der Waals surface area contributed by atoms with E-state index >= 15 is 0 Å². The summed E-state index contributed by atoms with van der Waals surface area (Å²) in [5.74, 6) is -1.37. The summed E-state index contributed by atoms with van der Waals surface area (Å²) in [6, 6.07) is 1.95. The molecule has 1 saturated heterocycles. The Labute approximate surface area is 193 Å². The van der Waals surface area contributed by atoms with Crippen molar-refractivity contribution in [1.82, 2.24) is 14.5 Å². The summed E-state index contributed by atoms with van der Waals surface area (Å²) in [5.41, 5.74) is 1.48. The minimum Gasteiger partial charge on any atom is -0.387 e. The van der Waals surface area contributed by atoms with Gasteiger partial charge in [0, 0.05) is 12.1 Å². The third-order valence-corrected chi connectivity index (χ3v) is 9.28. The molecular formula is C17H25ClN4O9P2. The summed E-state index contributed by atoms with van der Waals surface area (Å²) in [5, 5.41) is 24.5. The van der Waals surface area contributed by atoms with Crippen LogP contribution in [0, 0.1) is 0 Å². The quantitative estimate of drug-likeness (QED) is 0.214. The van der Waals surface area contributed by atoms with E-state index in [-0.39, 0.29) is 11.2 Å². The molecule has 16 heteroatoms. The molecule has 4 rings (SSSR count). The van der Waals surface area contributed by atoms with Crippen LogP contribution >= 0.6 is 26.8 Å². The number of rotatable bonds is 8. The lowest BCUT2D eigenvalue weighted by Crippen LogP contribution is -2.33. The fourth-order valence-corrected chi connectivity index (χ4v) is 6.88. The average molecular weight is 527 g/mol. The zero-order valence-electron chi connectivity index (χ0n) is 17.3. The second-order valence-electron chi connectivity index (χ2n) is 8.23. The normalized spacial score (nSPS) is 28.4. The highest BCUT2D eigenvalue weighted by molar-refractivity contribution is 7.70. The summed E-state index contributed by atoms with van der Waals surface area (Å²) in [4.78, 5) is 36.0. The molecule has 2 fully saturated rings. The first kappa shape index (κ1) is 25.0. The maximum Gasteiger partial charge on any atom is 0.340 e. The number of ether oxygens (including phenoxy) is 1. The Bertz CT molecular complexity index is 1110. The van der Waals surface area contributed by atoms with E-state index in [1.54, 1.807) is 6.07 Å². The molecule has 0 amide bonds. The minimum atomic E-state index is -4.81. The van der Waals surface area contributed by atoms with Gasteiger partial charge in [-0.1, -0.05) is 24.4 Å². The zero-order valence-corrected chi connectivity index (χ0v) is 19.8. The molecule has 1 saturated carbocycles. The number of pyridine rings is 1. The first-order valence-corrected chi connectivity index (χ1v) is 14.2. The van der Waals surface area contributed by atoms with E-state index < -0.39 is 52.2 Å². The van der Waals surface area contributed by atoms with Gasteiger partial charge in [-0.15, -0.1) is 0 Å². The monoisotopic (exact) mass is 526 g/mol. The molecule has 3 heterocycles. The summed E-state index contributed by atoms with van der Waals surface area (Å²) >= 11 is 6.20. The van der Waals surface area contributed by atoms with Crippen molar-refractivity contribution in [2.45, 2.75) is 56.3 Å². The van der Waals surface area contributed by atoms with Crippen LogP contribution in [-0.4, -0.2) is 76.3 Å². The predicted octanol–water partition coefficient (Wildman–Crippen LogP) is 1.40. The largest absolute Gasteiger partial charge is 0.387 e. The summed E-state index contributed by atoms with van der Waals surface area (Å²) in [7, 11) is -9.46. The number of aliphatic hydroxyl groups is 2. The summed E-state index contributed by atoms with van der Waals surface area (Å²) in [6.07, 6.45) is 0.287. The van der Waals surface area contributed by atoms with Crippen molar-refractivity contribution in [2.75, 3.05) is 17.8 Å². The highest BCUT2D eigenvalue weighted by atomic mass is 35.5. The molecule has 1 aliphatic carbocycles. The molecule has 184 valence electrons. The number of fused-ring (bicyclic) bond motifs is 1. The molecule has 1 unspecified atom stereocenters. The van der Waals surface area contributed by atoms with Crippen LogP contribution < -0.4 is 5.32 Å². The Morgan fingerprint density at radius 1 is 1.21 bits per heavy atom. The number of imidazole rings is 1. The molecule has 6 N–H and O–H groups in total. The number of hydrogen-bond donors (Lipinski definition) is 6. The van der Waals surface area contributed by atoms with Crippen LogP contribution in [0.3, 0.4) is 0 Å². The molecule has 13 nitrogen and oxygen atoms in total. The lowest BCUT2D eigenvalue weighted by Gasteiger charge is -2.18. The predicted molar refractivity (Wildman–Crippen MR) is 117 cm³/mol. The molecule has 1 aliphatic heterocycles. The van der Waals surface area contributed by atoms with Crippen LogP contribution in [0.25, 0.3) is 11.2 Å². The van der Waals surface area contributed by atoms with Crippen LogP contribution in [0.4, 0.5) is 5.69 Å². The van der Waals surface area contributed by atoms with Gasteiger partial charge in [-0.3, -0.25) is 13.7 Å².